The number of nitroso groups, excluding NO2 is 1. The number of halogens is 1. The Labute approximate surface area is 81.3 Å². The van der Waals surface area contributed by atoms with Gasteiger partial charge < -0.3 is 5.32 Å². The molecule has 1 aliphatic rings. The zero-order valence-corrected chi connectivity index (χ0v) is 7.66. The highest BCUT2D eigenvalue weighted by Crippen LogP contribution is 2.24. The summed E-state index contributed by atoms with van der Waals surface area (Å²) in [6, 6.07) is 4.86. The van der Waals surface area contributed by atoms with Crippen molar-refractivity contribution in [3.8, 4) is 0 Å². The fourth-order valence-electron chi connectivity index (χ4n) is 1.34. The van der Waals surface area contributed by atoms with Crippen LogP contribution in [-0.2, 0) is 6.54 Å². The summed E-state index contributed by atoms with van der Waals surface area (Å²) in [7, 11) is 0. The summed E-state index contributed by atoms with van der Waals surface area (Å²) in [5.41, 5.74) is 0.563. The van der Waals surface area contributed by atoms with Crippen LogP contribution in [0.2, 0.25) is 0 Å². The number of benzene rings is 1. The van der Waals surface area contributed by atoms with Gasteiger partial charge in [-0.3, -0.25) is 0 Å². The molecule has 0 saturated heterocycles. The zero-order chi connectivity index (χ0) is 9.97. The van der Waals surface area contributed by atoms with E-state index in [-0.39, 0.29) is 11.5 Å². The minimum absolute atomic E-state index is 0.193. The Morgan fingerprint density at radius 1 is 1.50 bits per heavy atom. The van der Waals surface area contributed by atoms with Gasteiger partial charge in [-0.1, -0.05) is 6.07 Å². The summed E-state index contributed by atoms with van der Waals surface area (Å²) in [6.45, 7) is 0.387. The van der Waals surface area contributed by atoms with Gasteiger partial charge in [0.1, 0.15) is 11.5 Å². The van der Waals surface area contributed by atoms with Gasteiger partial charge >= 0.3 is 0 Å². The van der Waals surface area contributed by atoms with E-state index in [1.807, 2.05) is 0 Å². The molecule has 0 amide bonds. The second-order valence-corrected chi connectivity index (χ2v) is 3.48. The SMILES string of the molecule is O=Nc1cccc(F)c1CNC1CC1. The fraction of sp³-hybridized carbons (Fsp3) is 0.400. The summed E-state index contributed by atoms with van der Waals surface area (Å²) in [6.07, 6.45) is 2.27. The van der Waals surface area contributed by atoms with Crippen LogP contribution in [0.4, 0.5) is 10.1 Å². The number of hydrogen-bond donors (Lipinski definition) is 1. The van der Waals surface area contributed by atoms with Crippen LogP contribution in [0.5, 0.6) is 0 Å². The standard InChI is InChI=1S/C10H11FN2O/c11-9-2-1-3-10(13-14)8(9)6-12-7-4-5-7/h1-3,7,12H,4-6H2. The van der Waals surface area contributed by atoms with Crippen molar-refractivity contribution in [1.29, 1.82) is 0 Å². The number of hydrogen-bond acceptors (Lipinski definition) is 3. The van der Waals surface area contributed by atoms with Gasteiger partial charge in [-0.15, -0.1) is 4.91 Å². The number of nitrogens with one attached hydrogen (secondary N) is 1. The first-order valence-electron chi connectivity index (χ1n) is 4.65. The third kappa shape index (κ3) is 1.96. The van der Waals surface area contributed by atoms with Gasteiger partial charge in [0.25, 0.3) is 0 Å². The van der Waals surface area contributed by atoms with Crippen molar-refractivity contribution in [2.24, 2.45) is 5.18 Å². The van der Waals surface area contributed by atoms with E-state index in [9.17, 15) is 9.30 Å². The van der Waals surface area contributed by atoms with E-state index in [1.165, 1.54) is 18.2 Å². The van der Waals surface area contributed by atoms with Gasteiger partial charge in [0.05, 0.1) is 0 Å². The summed E-state index contributed by atoms with van der Waals surface area (Å²) in [5.74, 6) is -0.366. The predicted octanol–water partition coefficient (Wildman–Crippen LogP) is 2.48. The molecular formula is C10H11FN2O. The Morgan fingerprint density at radius 3 is 2.93 bits per heavy atom. The van der Waals surface area contributed by atoms with Crippen LogP contribution in [0.15, 0.2) is 23.4 Å². The molecule has 1 N–H and O–H groups in total. The molecule has 4 heteroatoms. The molecule has 74 valence electrons. The van der Waals surface area contributed by atoms with Gasteiger partial charge in [-0.25, -0.2) is 4.39 Å². The molecule has 0 aromatic heterocycles. The first-order chi connectivity index (χ1) is 6.81. The molecule has 0 aliphatic heterocycles. The number of nitrogens with zero attached hydrogens (tertiary/aromatic N) is 1. The Bertz CT molecular complexity index is 350. The second kappa shape index (κ2) is 3.84. The highest BCUT2D eigenvalue weighted by atomic mass is 19.1. The van der Waals surface area contributed by atoms with E-state index in [2.05, 4.69) is 10.5 Å². The van der Waals surface area contributed by atoms with E-state index >= 15 is 0 Å². The summed E-state index contributed by atoms with van der Waals surface area (Å²) in [4.78, 5) is 10.4. The molecule has 0 bridgehead atoms. The molecule has 3 nitrogen and oxygen atoms in total. The molecule has 0 atom stereocenters. The Hall–Kier alpha value is -1.29. The predicted molar refractivity (Wildman–Crippen MR) is 51.7 cm³/mol. The van der Waals surface area contributed by atoms with Crippen molar-refractivity contribution in [1.82, 2.24) is 5.32 Å². The first kappa shape index (κ1) is 9.27. The van der Waals surface area contributed by atoms with Gasteiger partial charge in [-0.2, -0.15) is 0 Å². The van der Waals surface area contributed by atoms with Crippen molar-refractivity contribution in [2.45, 2.75) is 25.4 Å². The highest BCUT2D eigenvalue weighted by molar-refractivity contribution is 5.46. The van der Waals surface area contributed by atoms with Crippen LogP contribution < -0.4 is 5.32 Å². The van der Waals surface area contributed by atoms with Gasteiger partial charge in [-0.05, 0) is 30.2 Å². The fourth-order valence-corrected chi connectivity index (χ4v) is 1.34. The lowest BCUT2D eigenvalue weighted by molar-refractivity contribution is 0.588. The van der Waals surface area contributed by atoms with E-state index in [0.717, 1.165) is 12.8 Å². The quantitative estimate of drug-likeness (QED) is 0.748. The first-order valence-corrected chi connectivity index (χ1v) is 4.65. The third-order valence-corrected chi connectivity index (χ3v) is 2.34. The van der Waals surface area contributed by atoms with Crippen molar-refractivity contribution in [3.05, 3.63) is 34.5 Å². The van der Waals surface area contributed by atoms with Crippen LogP contribution in [0, 0.1) is 10.7 Å². The number of rotatable bonds is 4. The molecule has 0 spiro atoms. The van der Waals surface area contributed by atoms with Crippen molar-refractivity contribution in [2.75, 3.05) is 0 Å². The molecule has 1 aromatic rings. The van der Waals surface area contributed by atoms with Crippen molar-refractivity contribution >= 4 is 5.69 Å². The lowest BCUT2D eigenvalue weighted by Gasteiger charge is -2.05. The van der Waals surface area contributed by atoms with E-state index in [4.69, 9.17) is 0 Å². The average Bonchev–Trinajstić information content (AvgIpc) is 2.99. The molecule has 0 heterocycles. The molecule has 14 heavy (non-hydrogen) atoms. The Morgan fingerprint density at radius 2 is 2.29 bits per heavy atom. The van der Waals surface area contributed by atoms with Crippen LogP contribution in [0.25, 0.3) is 0 Å². The molecule has 1 aromatic carbocycles. The zero-order valence-electron chi connectivity index (χ0n) is 7.66. The maximum absolute atomic E-state index is 13.3. The molecule has 0 radical (unpaired) electrons. The maximum atomic E-state index is 13.3. The molecule has 2 rings (SSSR count). The summed E-state index contributed by atoms with van der Waals surface area (Å²) < 4.78 is 13.3. The average molecular weight is 194 g/mol. The Kier molecular flexibility index (Phi) is 2.54. The lowest BCUT2D eigenvalue weighted by Crippen LogP contribution is -2.16. The minimum Gasteiger partial charge on any atom is -0.310 e. The van der Waals surface area contributed by atoms with Crippen LogP contribution >= 0.6 is 0 Å². The van der Waals surface area contributed by atoms with Crippen LogP contribution in [-0.4, -0.2) is 6.04 Å². The van der Waals surface area contributed by atoms with Gasteiger partial charge in [0.15, 0.2) is 0 Å². The highest BCUT2D eigenvalue weighted by Gasteiger charge is 2.21. The molecule has 0 unspecified atom stereocenters. The van der Waals surface area contributed by atoms with Crippen molar-refractivity contribution < 1.29 is 4.39 Å². The Balaban J connectivity index is 2.15. The monoisotopic (exact) mass is 194 g/mol. The molecular weight excluding hydrogens is 183 g/mol. The summed E-state index contributed by atoms with van der Waals surface area (Å²) >= 11 is 0. The van der Waals surface area contributed by atoms with Crippen molar-refractivity contribution in [3.63, 3.8) is 0 Å². The molecule has 1 aliphatic carbocycles. The second-order valence-electron chi connectivity index (χ2n) is 3.48. The van der Waals surface area contributed by atoms with E-state index in [1.54, 1.807) is 0 Å². The van der Waals surface area contributed by atoms with E-state index < -0.39 is 0 Å². The van der Waals surface area contributed by atoms with E-state index in [0.29, 0.717) is 18.2 Å². The third-order valence-electron chi connectivity index (χ3n) is 2.34. The topological polar surface area (TPSA) is 41.5 Å². The normalized spacial score (nSPS) is 15.5. The van der Waals surface area contributed by atoms with Crippen LogP contribution in [0.3, 0.4) is 0 Å². The lowest BCUT2D eigenvalue weighted by atomic mass is 10.1. The van der Waals surface area contributed by atoms with Gasteiger partial charge in [0, 0.05) is 18.2 Å². The molecule has 1 fully saturated rings. The minimum atomic E-state index is -0.366. The molecule has 1 saturated carbocycles. The van der Waals surface area contributed by atoms with Gasteiger partial charge in [0.2, 0.25) is 0 Å². The maximum Gasteiger partial charge on any atom is 0.129 e. The summed E-state index contributed by atoms with van der Waals surface area (Å²) in [5, 5.41) is 5.95. The van der Waals surface area contributed by atoms with Crippen LogP contribution in [0.1, 0.15) is 18.4 Å². The smallest absolute Gasteiger partial charge is 0.129 e. The largest absolute Gasteiger partial charge is 0.310 e.